The van der Waals surface area contributed by atoms with Crippen molar-refractivity contribution < 1.29 is 26.4 Å². The van der Waals surface area contributed by atoms with E-state index in [1.807, 2.05) is 23.3 Å². The van der Waals surface area contributed by atoms with Gasteiger partial charge in [-0.1, -0.05) is 38.1 Å². The minimum absolute atomic E-state index is 0.0885. The number of sulfonamides is 2. The fraction of sp³-hybridized carbons (Fsp3) is 0.300. The summed E-state index contributed by atoms with van der Waals surface area (Å²) in [4.78, 5) is 23.1. The SMILES string of the molecule is CCCNC(=O)NS(=O)(=O)c1ccc(-c2ccc(S(=O)(=O)NC(=O)NCCC)cc2)cc1. The Kier molecular flexibility index (Phi) is 8.61. The molecule has 10 nitrogen and oxygen atoms in total. The van der Waals surface area contributed by atoms with Crippen LogP contribution >= 0.6 is 0 Å². The average molecular weight is 483 g/mol. The van der Waals surface area contributed by atoms with Crippen LogP contribution in [0.2, 0.25) is 0 Å². The Morgan fingerprint density at radius 3 is 1.22 bits per heavy atom. The molecule has 0 radical (unpaired) electrons. The van der Waals surface area contributed by atoms with E-state index in [0.717, 1.165) is 0 Å². The average Bonchev–Trinajstić information content (AvgIpc) is 2.76. The maximum absolute atomic E-state index is 12.3. The maximum atomic E-state index is 12.3. The van der Waals surface area contributed by atoms with E-state index in [0.29, 0.717) is 37.1 Å². The van der Waals surface area contributed by atoms with Gasteiger partial charge in [-0.25, -0.2) is 35.9 Å². The molecule has 2 aromatic rings. The second-order valence-corrected chi connectivity index (χ2v) is 10.1. The van der Waals surface area contributed by atoms with E-state index in [4.69, 9.17) is 0 Å². The van der Waals surface area contributed by atoms with Gasteiger partial charge < -0.3 is 10.6 Å². The highest BCUT2D eigenvalue weighted by molar-refractivity contribution is 7.90. The van der Waals surface area contributed by atoms with Gasteiger partial charge in [0.25, 0.3) is 20.0 Å². The van der Waals surface area contributed by atoms with E-state index in [-0.39, 0.29) is 9.79 Å². The molecule has 12 heteroatoms. The minimum atomic E-state index is -4.02. The molecule has 0 aliphatic rings. The molecule has 0 unspecified atom stereocenters. The summed E-state index contributed by atoms with van der Waals surface area (Å²) in [5.74, 6) is 0. The molecule has 0 saturated carbocycles. The van der Waals surface area contributed by atoms with Crippen LogP contribution < -0.4 is 20.1 Å². The number of amides is 4. The van der Waals surface area contributed by atoms with Crippen molar-refractivity contribution in [2.24, 2.45) is 0 Å². The Morgan fingerprint density at radius 1 is 0.625 bits per heavy atom. The van der Waals surface area contributed by atoms with Gasteiger partial charge in [-0.05, 0) is 48.2 Å². The van der Waals surface area contributed by atoms with Crippen LogP contribution in [0.1, 0.15) is 26.7 Å². The number of hydrogen-bond acceptors (Lipinski definition) is 6. The molecule has 4 amide bonds. The molecule has 0 bridgehead atoms. The number of rotatable bonds is 9. The van der Waals surface area contributed by atoms with Crippen molar-refractivity contribution in [1.29, 1.82) is 0 Å². The summed E-state index contributed by atoms with van der Waals surface area (Å²) in [7, 11) is -8.04. The van der Waals surface area contributed by atoms with Crippen molar-refractivity contribution in [2.45, 2.75) is 36.5 Å². The molecule has 0 atom stereocenters. The molecule has 2 aromatic carbocycles. The van der Waals surface area contributed by atoms with Crippen molar-refractivity contribution in [3.8, 4) is 11.1 Å². The summed E-state index contributed by atoms with van der Waals surface area (Å²) >= 11 is 0. The third-order valence-corrected chi connectivity index (χ3v) is 6.88. The molecule has 2 rings (SSSR count). The van der Waals surface area contributed by atoms with Crippen molar-refractivity contribution in [1.82, 2.24) is 20.1 Å². The second kappa shape index (κ2) is 11.0. The maximum Gasteiger partial charge on any atom is 0.328 e. The van der Waals surface area contributed by atoms with Crippen LogP contribution in [-0.4, -0.2) is 42.0 Å². The number of nitrogens with one attached hydrogen (secondary N) is 4. The van der Waals surface area contributed by atoms with E-state index >= 15 is 0 Å². The quantitative estimate of drug-likeness (QED) is 0.430. The van der Waals surface area contributed by atoms with Crippen LogP contribution in [0.25, 0.3) is 11.1 Å². The summed E-state index contributed by atoms with van der Waals surface area (Å²) in [6.07, 6.45) is 1.34. The van der Waals surface area contributed by atoms with Crippen LogP contribution in [-0.2, 0) is 20.0 Å². The predicted octanol–water partition coefficient (Wildman–Crippen LogP) is 2.15. The molecule has 0 heterocycles. The lowest BCUT2D eigenvalue weighted by Gasteiger charge is -2.10. The van der Waals surface area contributed by atoms with Crippen LogP contribution in [0.3, 0.4) is 0 Å². The first-order valence-corrected chi connectivity index (χ1v) is 12.9. The zero-order valence-electron chi connectivity index (χ0n) is 17.7. The third-order valence-electron chi connectivity index (χ3n) is 4.19. The van der Waals surface area contributed by atoms with E-state index in [1.54, 1.807) is 24.3 Å². The van der Waals surface area contributed by atoms with Gasteiger partial charge in [0.1, 0.15) is 0 Å². The molecule has 32 heavy (non-hydrogen) atoms. The Labute approximate surface area is 187 Å². The fourth-order valence-corrected chi connectivity index (χ4v) is 4.42. The molecule has 0 fully saturated rings. The lowest BCUT2D eigenvalue weighted by atomic mass is 10.1. The van der Waals surface area contributed by atoms with E-state index in [9.17, 15) is 26.4 Å². The largest absolute Gasteiger partial charge is 0.337 e. The zero-order valence-corrected chi connectivity index (χ0v) is 19.3. The standard InChI is InChI=1S/C20H26N4O6S2/c1-3-13-21-19(25)23-31(27,28)17-9-5-15(6-10-17)16-7-11-18(12-8-16)32(29,30)24-20(26)22-14-4-2/h5-12H,3-4,13-14H2,1-2H3,(H2,21,23,25)(H2,22,24,26). The lowest BCUT2D eigenvalue weighted by molar-refractivity contribution is 0.245. The molecule has 0 aromatic heterocycles. The first kappa shape index (κ1) is 25.1. The van der Waals surface area contributed by atoms with Crippen molar-refractivity contribution in [2.75, 3.05) is 13.1 Å². The summed E-state index contributed by atoms with van der Waals surface area (Å²) in [6, 6.07) is 9.93. The Morgan fingerprint density at radius 2 is 0.938 bits per heavy atom. The molecule has 4 N–H and O–H groups in total. The van der Waals surface area contributed by atoms with Gasteiger partial charge in [-0.3, -0.25) is 0 Å². The summed E-state index contributed by atoms with van der Waals surface area (Å²) in [6.45, 7) is 4.39. The Bertz CT molecular complexity index is 1050. The highest BCUT2D eigenvalue weighted by Gasteiger charge is 2.19. The number of benzene rings is 2. The highest BCUT2D eigenvalue weighted by atomic mass is 32.2. The Hall–Kier alpha value is -3.12. The van der Waals surface area contributed by atoms with E-state index in [1.165, 1.54) is 24.3 Å². The minimum Gasteiger partial charge on any atom is -0.337 e. The lowest BCUT2D eigenvalue weighted by Crippen LogP contribution is -2.39. The molecule has 174 valence electrons. The van der Waals surface area contributed by atoms with Gasteiger partial charge in [-0.2, -0.15) is 0 Å². The van der Waals surface area contributed by atoms with Crippen molar-refractivity contribution in [3.05, 3.63) is 48.5 Å². The van der Waals surface area contributed by atoms with Crippen molar-refractivity contribution in [3.63, 3.8) is 0 Å². The van der Waals surface area contributed by atoms with Gasteiger partial charge in [0.2, 0.25) is 0 Å². The van der Waals surface area contributed by atoms with Gasteiger partial charge in [0.15, 0.2) is 0 Å². The van der Waals surface area contributed by atoms with E-state index < -0.39 is 32.1 Å². The van der Waals surface area contributed by atoms with Crippen molar-refractivity contribution >= 4 is 32.1 Å². The fourth-order valence-electron chi connectivity index (χ4n) is 2.56. The number of hydrogen-bond donors (Lipinski definition) is 4. The molecular formula is C20H26N4O6S2. The van der Waals surface area contributed by atoms with Crippen LogP contribution in [0.15, 0.2) is 58.3 Å². The molecule has 0 saturated heterocycles. The molecule has 0 aliphatic carbocycles. The van der Waals surface area contributed by atoms with Crippen LogP contribution in [0.4, 0.5) is 9.59 Å². The summed E-state index contributed by atoms with van der Waals surface area (Å²) in [5.41, 5.74) is 1.27. The van der Waals surface area contributed by atoms with Gasteiger partial charge in [0.05, 0.1) is 9.79 Å². The normalized spacial score (nSPS) is 11.4. The van der Waals surface area contributed by atoms with E-state index in [2.05, 4.69) is 10.6 Å². The highest BCUT2D eigenvalue weighted by Crippen LogP contribution is 2.23. The smallest absolute Gasteiger partial charge is 0.328 e. The number of carbonyl (C=O) groups is 2. The molecule has 0 aliphatic heterocycles. The molecule has 0 spiro atoms. The number of carbonyl (C=O) groups excluding carboxylic acids is 2. The molecular weight excluding hydrogens is 456 g/mol. The first-order chi connectivity index (χ1) is 15.1. The zero-order chi connectivity index (χ0) is 23.8. The van der Waals surface area contributed by atoms with Gasteiger partial charge in [0, 0.05) is 13.1 Å². The van der Waals surface area contributed by atoms with Crippen LogP contribution in [0.5, 0.6) is 0 Å². The summed E-state index contributed by atoms with van der Waals surface area (Å²) in [5, 5.41) is 4.85. The topological polar surface area (TPSA) is 151 Å². The van der Waals surface area contributed by atoms with Crippen LogP contribution in [0, 0.1) is 0 Å². The second-order valence-electron chi connectivity index (χ2n) is 6.77. The van der Waals surface area contributed by atoms with Gasteiger partial charge >= 0.3 is 12.1 Å². The predicted molar refractivity (Wildman–Crippen MR) is 120 cm³/mol. The number of urea groups is 2. The monoisotopic (exact) mass is 482 g/mol. The Balaban J connectivity index is 2.12. The first-order valence-electron chi connectivity index (χ1n) is 9.91. The third kappa shape index (κ3) is 6.95. The summed E-state index contributed by atoms with van der Waals surface area (Å²) < 4.78 is 53.0. The van der Waals surface area contributed by atoms with Gasteiger partial charge in [-0.15, -0.1) is 0 Å².